The fourth-order valence-corrected chi connectivity index (χ4v) is 0.778. The molecule has 0 radical (unpaired) electrons. The highest BCUT2D eigenvalue weighted by Crippen LogP contribution is 1.92. The van der Waals surface area contributed by atoms with Crippen LogP contribution in [0.3, 0.4) is 0 Å². The summed E-state index contributed by atoms with van der Waals surface area (Å²) >= 11 is 0. The van der Waals surface area contributed by atoms with Gasteiger partial charge in [0, 0.05) is 0 Å². The molecule has 0 saturated carbocycles. The summed E-state index contributed by atoms with van der Waals surface area (Å²) in [5.74, 6) is 0.643. The van der Waals surface area contributed by atoms with Crippen molar-refractivity contribution in [3.63, 3.8) is 0 Å². The number of aryl methyl sites for hydroxylation is 1. The summed E-state index contributed by atoms with van der Waals surface area (Å²) in [5.41, 5.74) is 1.32. The molecule has 1 heteroatoms. The van der Waals surface area contributed by atoms with E-state index in [2.05, 4.69) is 32.2 Å². The highest BCUT2D eigenvalue weighted by molar-refractivity contribution is 5.12. The smallest absolute Gasteiger partial charge is 0.111 e. The quantitative estimate of drug-likeness (QED) is 0.534. The Hall–Kier alpha value is -1.76. The number of hydrogen-bond donors (Lipinski definition) is 0. The van der Waals surface area contributed by atoms with Crippen molar-refractivity contribution in [2.24, 2.45) is 0 Å². The monoisotopic (exact) mass is 202 g/mol. The van der Waals surface area contributed by atoms with Gasteiger partial charge < -0.3 is 4.74 Å². The Morgan fingerprint density at radius 1 is 1.27 bits per heavy atom. The molecule has 0 spiro atoms. The molecule has 0 amide bonds. The first kappa shape index (κ1) is 13.2. The predicted molar refractivity (Wildman–Crippen MR) is 66.7 cm³/mol. The van der Waals surface area contributed by atoms with Gasteiger partial charge >= 0.3 is 0 Å². The Morgan fingerprint density at radius 3 is 2.20 bits per heavy atom. The summed E-state index contributed by atoms with van der Waals surface area (Å²) in [6, 6.07) is 10.3. The zero-order valence-corrected chi connectivity index (χ0v) is 9.44. The van der Waals surface area contributed by atoms with Gasteiger partial charge in [-0.25, -0.2) is 0 Å². The second kappa shape index (κ2) is 8.82. The fraction of sp³-hybridized carbons (Fsp3) is 0.143. The molecular weight excluding hydrogens is 184 g/mol. The van der Waals surface area contributed by atoms with E-state index in [1.165, 1.54) is 5.56 Å². The van der Waals surface area contributed by atoms with Crippen LogP contribution in [-0.2, 0) is 4.74 Å². The fourth-order valence-electron chi connectivity index (χ4n) is 0.778. The molecule has 0 fully saturated rings. The zero-order chi connectivity index (χ0) is 11.5. The normalized spacial score (nSPS) is 8.93. The number of rotatable bonds is 3. The van der Waals surface area contributed by atoms with Gasteiger partial charge in [0.2, 0.25) is 0 Å². The third kappa shape index (κ3) is 8.57. The third-order valence-electron chi connectivity index (χ3n) is 1.62. The third-order valence-corrected chi connectivity index (χ3v) is 1.62. The van der Waals surface area contributed by atoms with Gasteiger partial charge in [0.15, 0.2) is 0 Å². The highest BCUT2D eigenvalue weighted by atomic mass is 16.5. The van der Waals surface area contributed by atoms with E-state index >= 15 is 0 Å². The van der Waals surface area contributed by atoms with Gasteiger partial charge in [-0.05, 0) is 13.0 Å². The molecule has 0 bridgehead atoms. The molecule has 0 aliphatic heterocycles. The van der Waals surface area contributed by atoms with Gasteiger partial charge in [-0.15, -0.1) is 0 Å². The van der Waals surface area contributed by atoms with E-state index < -0.39 is 0 Å². The van der Waals surface area contributed by atoms with Crippen LogP contribution >= 0.6 is 0 Å². The lowest BCUT2D eigenvalue weighted by Crippen LogP contribution is -1.74. The number of methoxy groups -OCH3 is 1. The number of allylic oxidation sites excluding steroid dienone is 3. The maximum Gasteiger partial charge on any atom is 0.111 e. The molecule has 0 unspecified atom stereocenters. The van der Waals surface area contributed by atoms with Gasteiger partial charge in [0.1, 0.15) is 5.76 Å². The first-order valence-electron chi connectivity index (χ1n) is 4.74. The minimum atomic E-state index is 0.643. The van der Waals surface area contributed by atoms with Crippen LogP contribution in [0.2, 0.25) is 0 Å². The van der Waals surface area contributed by atoms with Crippen LogP contribution in [0, 0.1) is 6.92 Å². The van der Waals surface area contributed by atoms with E-state index in [0.29, 0.717) is 5.76 Å². The molecule has 1 nitrogen and oxygen atoms in total. The van der Waals surface area contributed by atoms with Crippen molar-refractivity contribution in [2.75, 3.05) is 7.11 Å². The largest absolute Gasteiger partial charge is 0.497 e. The summed E-state index contributed by atoms with van der Waals surface area (Å²) in [7, 11) is 1.58. The lowest BCUT2D eigenvalue weighted by atomic mass is 10.2. The number of ether oxygens (including phenoxy) is 1. The zero-order valence-electron chi connectivity index (χ0n) is 9.44. The van der Waals surface area contributed by atoms with E-state index in [1.54, 1.807) is 25.3 Å². The van der Waals surface area contributed by atoms with Gasteiger partial charge in [-0.1, -0.05) is 61.2 Å². The number of benzene rings is 1. The summed E-state index contributed by atoms with van der Waals surface area (Å²) < 4.78 is 4.72. The average Bonchev–Trinajstić information content (AvgIpc) is 2.28. The molecular formula is C14H18O. The highest BCUT2D eigenvalue weighted by Gasteiger charge is 1.75. The average molecular weight is 202 g/mol. The van der Waals surface area contributed by atoms with E-state index in [9.17, 15) is 0 Å². The topological polar surface area (TPSA) is 9.23 Å². The van der Waals surface area contributed by atoms with Crippen LogP contribution in [0.5, 0.6) is 0 Å². The van der Waals surface area contributed by atoms with Crippen LogP contribution in [0.25, 0.3) is 0 Å². The molecule has 0 aliphatic carbocycles. The molecule has 1 aromatic carbocycles. The molecule has 0 heterocycles. The van der Waals surface area contributed by atoms with Crippen molar-refractivity contribution in [3.8, 4) is 0 Å². The first-order chi connectivity index (χ1) is 7.20. The Kier molecular flexibility index (Phi) is 7.79. The molecule has 80 valence electrons. The van der Waals surface area contributed by atoms with Gasteiger partial charge in [-0.3, -0.25) is 0 Å². The molecule has 0 atom stereocenters. The Bertz CT molecular complexity index is 309. The van der Waals surface area contributed by atoms with Crippen LogP contribution in [0.1, 0.15) is 5.56 Å². The van der Waals surface area contributed by atoms with Crippen molar-refractivity contribution in [1.29, 1.82) is 0 Å². The molecule has 0 N–H and O–H groups in total. The molecule has 0 aromatic heterocycles. The molecule has 1 rings (SSSR count). The Morgan fingerprint density at radius 2 is 1.87 bits per heavy atom. The van der Waals surface area contributed by atoms with Gasteiger partial charge in [0.05, 0.1) is 7.11 Å². The van der Waals surface area contributed by atoms with Crippen molar-refractivity contribution >= 4 is 0 Å². The van der Waals surface area contributed by atoms with Crippen LogP contribution < -0.4 is 0 Å². The SMILES string of the molecule is C=C/C=C\C(=C)OC.Cc1ccccc1. The lowest BCUT2D eigenvalue weighted by molar-refractivity contribution is 0.309. The maximum atomic E-state index is 4.72. The minimum Gasteiger partial charge on any atom is -0.497 e. The van der Waals surface area contributed by atoms with Crippen molar-refractivity contribution in [1.82, 2.24) is 0 Å². The molecule has 0 aliphatic rings. The molecule has 0 saturated heterocycles. The van der Waals surface area contributed by atoms with Gasteiger partial charge in [0.25, 0.3) is 0 Å². The second-order valence-electron chi connectivity index (χ2n) is 2.92. The van der Waals surface area contributed by atoms with Crippen molar-refractivity contribution in [3.05, 3.63) is 73.0 Å². The summed E-state index contributed by atoms with van der Waals surface area (Å²) in [6.07, 6.45) is 5.18. The summed E-state index contributed by atoms with van der Waals surface area (Å²) in [6.45, 7) is 9.12. The standard InChI is InChI=1S/C7H10O.C7H8/c1-4-5-6-7(2)8-3;1-7-5-3-2-4-6-7/h4-6H,1-2H2,3H3;2-6H,1H3/b6-5-;. The summed E-state index contributed by atoms with van der Waals surface area (Å²) in [4.78, 5) is 0. The van der Waals surface area contributed by atoms with E-state index in [4.69, 9.17) is 4.74 Å². The van der Waals surface area contributed by atoms with Crippen LogP contribution in [-0.4, -0.2) is 7.11 Å². The van der Waals surface area contributed by atoms with Crippen molar-refractivity contribution in [2.45, 2.75) is 6.92 Å². The van der Waals surface area contributed by atoms with E-state index in [-0.39, 0.29) is 0 Å². The first-order valence-corrected chi connectivity index (χ1v) is 4.74. The van der Waals surface area contributed by atoms with Gasteiger partial charge in [-0.2, -0.15) is 0 Å². The predicted octanol–water partition coefficient (Wildman–Crippen LogP) is 3.88. The minimum absolute atomic E-state index is 0.643. The van der Waals surface area contributed by atoms with E-state index in [0.717, 1.165) is 0 Å². The van der Waals surface area contributed by atoms with Crippen LogP contribution in [0.4, 0.5) is 0 Å². The Balaban J connectivity index is 0.000000262. The lowest BCUT2D eigenvalue weighted by Gasteiger charge is -1.92. The Labute approximate surface area is 92.4 Å². The molecule has 1 aromatic rings. The molecule has 15 heavy (non-hydrogen) atoms. The van der Waals surface area contributed by atoms with Crippen molar-refractivity contribution < 1.29 is 4.74 Å². The van der Waals surface area contributed by atoms with Crippen LogP contribution in [0.15, 0.2) is 67.5 Å². The number of hydrogen-bond acceptors (Lipinski definition) is 1. The van der Waals surface area contributed by atoms with E-state index in [1.807, 2.05) is 18.2 Å². The second-order valence-corrected chi connectivity index (χ2v) is 2.92. The summed E-state index contributed by atoms with van der Waals surface area (Å²) in [5, 5.41) is 0. The maximum absolute atomic E-state index is 4.72.